The largest absolute Gasteiger partial charge is 0.351 e. The van der Waals surface area contributed by atoms with Gasteiger partial charge in [-0.15, -0.1) is 0 Å². The maximum Gasteiger partial charge on any atom is 0.180 e. The number of nitrogens with one attached hydrogen (secondary N) is 2. The fourth-order valence-corrected chi connectivity index (χ4v) is 3.80. The number of nitrogens with zero attached hydrogens (tertiary/aromatic N) is 5. The molecule has 0 amide bonds. The lowest BCUT2D eigenvalue weighted by molar-refractivity contribution is 0.696. The SMILES string of the molecule is c1ccc(-c2nc3c(c(N4CCc5[nH]ncc5C4)n2)CCNCC3)nc1. The molecule has 0 bridgehead atoms. The zero-order chi connectivity index (χ0) is 17.3. The molecule has 0 radical (unpaired) electrons. The van der Waals surface area contributed by atoms with Gasteiger partial charge in [0.2, 0.25) is 0 Å². The molecule has 2 N–H and O–H groups in total. The van der Waals surface area contributed by atoms with Gasteiger partial charge < -0.3 is 10.2 Å². The molecule has 132 valence electrons. The van der Waals surface area contributed by atoms with E-state index in [1.807, 2.05) is 24.4 Å². The molecule has 0 aromatic carbocycles. The summed E-state index contributed by atoms with van der Waals surface area (Å²) in [4.78, 5) is 16.7. The number of rotatable bonds is 2. The van der Waals surface area contributed by atoms with Crippen molar-refractivity contribution in [2.45, 2.75) is 25.8 Å². The molecular weight excluding hydrogens is 326 g/mol. The Morgan fingerprint density at radius 1 is 1.04 bits per heavy atom. The fourth-order valence-electron chi connectivity index (χ4n) is 3.80. The number of fused-ring (bicyclic) bond motifs is 2. The molecule has 0 fully saturated rings. The number of aromatic nitrogens is 5. The van der Waals surface area contributed by atoms with Crippen molar-refractivity contribution >= 4 is 5.82 Å². The molecule has 0 saturated carbocycles. The van der Waals surface area contributed by atoms with Crippen molar-refractivity contribution in [3.8, 4) is 11.5 Å². The number of hydrogen-bond donors (Lipinski definition) is 2. The Morgan fingerprint density at radius 3 is 2.92 bits per heavy atom. The second-order valence-corrected chi connectivity index (χ2v) is 6.81. The van der Waals surface area contributed by atoms with Crippen LogP contribution in [0.1, 0.15) is 22.5 Å². The standard InChI is InChI=1S/C19H21N7/c1-2-7-21-17(3-1)18-23-16-5-9-20-8-4-14(16)19(24-18)26-10-6-15-13(12-26)11-22-25-15/h1-3,7,11,20H,4-6,8-10,12H2,(H,22,25). The van der Waals surface area contributed by atoms with Gasteiger partial charge in [-0.05, 0) is 25.1 Å². The van der Waals surface area contributed by atoms with E-state index in [1.165, 1.54) is 16.8 Å². The van der Waals surface area contributed by atoms with Crippen molar-refractivity contribution < 1.29 is 0 Å². The average Bonchev–Trinajstić information content (AvgIpc) is 3.03. The first kappa shape index (κ1) is 15.5. The van der Waals surface area contributed by atoms with Crippen molar-refractivity contribution in [3.05, 3.63) is 53.1 Å². The van der Waals surface area contributed by atoms with Gasteiger partial charge in [0.15, 0.2) is 5.82 Å². The van der Waals surface area contributed by atoms with Crippen LogP contribution in [-0.2, 0) is 25.8 Å². The van der Waals surface area contributed by atoms with Gasteiger partial charge in [-0.1, -0.05) is 6.07 Å². The second kappa shape index (κ2) is 6.49. The smallest absolute Gasteiger partial charge is 0.180 e. The van der Waals surface area contributed by atoms with Crippen LogP contribution in [0.25, 0.3) is 11.5 Å². The van der Waals surface area contributed by atoms with E-state index in [0.29, 0.717) is 0 Å². The van der Waals surface area contributed by atoms with Crippen LogP contribution in [0.15, 0.2) is 30.6 Å². The summed E-state index contributed by atoms with van der Waals surface area (Å²) in [5.74, 6) is 1.78. The minimum absolute atomic E-state index is 0.722. The highest BCUT2D eigenvalue weighted by atomic mass is 15.2. The summed E-state index contributed by atoms with van der Waals surface area (Å²) < 4.78 is 0. The quantitative estimate of drug-likeness (QED) is 0.731. The molecule has 3 aromatic rings. The highest BCUT2D eigenvalue weighted by molar-refractivity contribution is 5.59. The normalized spacial score (nSPS) is 16.7. The number of pyridine rings is 1. The Morgan fingerprint density at radius 2 is 2.00 bits per heavy atom. The lowest BCUT2D eigenvalue weighted by atomic mass is 10.0. The average molecular weight is 347 g/mol. The summed E-state index contributed by atoms with van der Waals surface area (Å²) >= 11 is 0. The number of aromatic amines is 1. The van der Waals surface area contributed by atoms with Gasteiger partial charge >= 0.3 is 0 Å². The van der Waals surface area contributed by atoms with Crippen LogP contribution in [0.5, 0.6) is 0 Å². The van der Waals surface area contributed by atoms with E-state index in [2.05, 4.69) is 25.4 Å². The van der Waals surface area contributed by atoms with E-state index >= 15 is 0 Å². The lowest BCUT2D eigenvalue weighted by Gasteiger charge is -2.30. The topological polar surface area (TPSA) is 82.6 Å². The third-order valence-electron chi connectivity index (χ3n) is 5.16. The monoisotopic (exact) mass is 347 g/mol. The number of hydrogen-bond acceptors (Lipinski definition) is 6. The zero-order valence-corrected chi connectivity index (χ0v) is 14.6. The first-order chi connectivity index (χ1) is 12.9. The predicted octanol–water partition coefficient (Wildman–Crippen LogP) is 1.51. The Balaban J connectivity index is 1.61. The van der Waals surface area contributed by atoms with Crippen LogP contribution >= 0.6 is 0 Å². The fraction of sp³-hybridized carbons (Fsp3) is 0.368. The van der Waals surface area contributed by atoms with Gasteiger partial charge in [0.05, 0.1) is 11.9 Å². The highest BCUT2D eigenvalue weighted by Gasteiger charge is 2.25. The van der Waals surface area contributed by atoms with Crippen LogP contribution in [0.2, 0.25) is 0 Å². The minimum Gasteiger partial charge on any atom is -0.351 e. The Labute approximate surface area is 151 Å². The van der Waals surface area contributed by atoms with Crippen LogP contribution in [0.4, 0.5) is 5.82 Å². The van der Waals surface area contributed by atoms with Crippen molar-refractivity contribution in [2.75, 3.05) is 24.5 Å². The van der Waals surface area contributed by atoms with Crippen LogP contribution in [-0.4, -0.2) is 44.8 Å². The molecule has 7 nitrogen and oxygen atoms in total. The molecule has 2 aliphatic heterocycles. The molecule has 0 aliphatic carbocycles. The summed E-state index contributed by atoms with van der Waals surface area (Å²) in [6.45, 7) is 3.70. The summed E-state index contributed by atoms with van der Waals surface area (Å²) in [7, 11) is 0. The van der Waals surface area contributed by atoms with Crippen LogP contribution < -0.4 is 10.2 Å². The van der Waals surface area contributed by atoms with Crippen molar-refractivity contribution in [1.29, 1.82) is 0 Å². The molecule has 0 spiro atoms. The van der Waals surface area contributed by atoms with Crippen LogP contribution in [0.3, 0.4) is 0 Å². The first-order valence-electron chi connectivity index (χ1n) is 9.16. The second-order valence-electron chi connectivity index (χ2n) is 6.81. The maximum atomic E-state index is 4.97. The van der Waals surface area contributed by atoms with E-state index in [-0.39, 0.29) is 0 Å². The predicted molar refractivity (Wildman–Crippen MR) is 98.9 cm³/mol. The van der Waals surface area contributed by atoms with Gasteiger partial charge in [0, 0.05) is 55.5 Å². The third-order valence-corrected chi connectivity index (χ3v) is 5.16. The summed E-state index contributed by atoms with van der Waals surface area (Å²) in [5.41, 5.74) is 5.76. The number of anilines is 1. The van der Waals surface area contributed by atoms with Gasteiger partial charge in [0.25, 0.3) is 0 Å². The minimum atomic E-state index is 0.722. The molecule has 0 saturated heterocycles. The molecule has 5 heterocycles. The molecule has 26 heavy (non-hydrogen) atoms. The lowest BCUT2D eigenvalue weighted by Crippen LogP contribution is -2.32. The molecule has 0 unspecified atom stereocenters. The van der Waals surface area contributed by atoms with E-state index in [9.17, 15) is 0 Å². The van der Waals surface area contributed by atoms with Crippen LogP contribution in [0, 0.1) is 0 Å². The van der Waals surface area contributed by atoms with Crippen molar-refractivity contribution in [1.82, 2.24) is 30.5 Å². The molecule has 3 aromatic heterocycles. The Hall–Kier alpha value is -2.80. The Bertz CT molecular complexity index is 919. The molecule has 7 heteroatoms. The molecule has 5 rings (SSSR count). The molecule has 0 atom stereocenters. The highest BCUT2D eigenvalue weighted by Crippen LogP contribution is 2.29. The summed E-state index contributed by atoms with van der Waals surface area (Å²) in [6, 6.07) is 5.88. The van der Waals surface area contributed by atoms with E-state index in [1.54, 1.807) is 6.20 Å². The molecular formula is C19H21N7. The third kappa shape index (κ3) is 2.74. The van der Waals surface area contributed by atoms with Gasteiger partial charge in [0.1, 0.15) is 11.5 Å². The van der Waals surface area contributed by atoms with E-state index in [4.69, 9.17) is 9.97 Å². The van der Waals surface area contributed by atoms with Gasteiger partial charge in [-0.2, -0.15) is 5.10 Å². The maximum absolute atomic E-state index is 4.97. The van der Waals surface area contributed by atoms with E-state index < -0.39 is 0 Å². The molecule has 2 aliphatic rings. The van der Waals surface area contributed by atoms with E-state index in [0.717, 1.165) is 68.5 Å². The van der Waals surface area contributed by atoms with Crippen molar-refractivity contribution in [3.63, 3.8) is 0 Å². The van der Waals surface area contributed by atoms with Crippen molar-refractivity contribution in [2.24, 2.45) is 0 Å². The number of H-pyrrole nitrogens is 1. The van der Waals surface area contributed by atoms with Gasteiger partial charge in [-0.3, -0.25) is 10.1 Å². The summed E-state index contributed by atoms with van der Waals surface area (Å²) in [6.07, 6.45) is 6.58. The summed E-state index contributed by atoms with van der Waals surface area (Å²) in [5, 5.41) is 10.8. The zero-order valence-electron chi connectivity index (χ0n) is 14.6. The first-order valence-corrected chi connectivity index (χ1v) is 9.16. The van der Waals surface area contributed by atoms with Gasteiger partial charge in [-0.25, -0.2) is 9.97 Å². The Kier molecular flexibility index (Phi) is 3.86.